The summed E-state index contributed by atoms with van der Waals surface area (Å²) >= 11 is 0. The molecule has 0 aliphatic carbocycles. The molecule has 2 aromatic rings. The Morgan fingerprint density at radius 3 is 2.31 bits per heavy atom. The largest absolute Gasteiger partial charge is 0.497 e. The molecule has 0 unspecified atom stereocenters. The Labute approximate surface area is 189 Å². The van der Waals surface area contributed by atoms with Crippen molar-refractivity contribution in [2.45, 2.75) is 25.7 Å². The monoisotopic (exact) mass is 437 g/mol. The van der Waals surface area contributed by atoms with Crippen LogP contribution < -0.4 is 14.8 Å². The number of benzene rings is 2. The maximum absolute atomic E-state index is 13.4. The van der Waals surface area contributed by atoms with Crippen molar-refractivity contribution in [1.29, 1.82) is 0 Å². The molecule has 2 aromatic carbocycles. The van der Waals surface area contributed by atoms with Gasteiger partial charge in [-0.25, -0.2) is 4.79 Å². The molecule has 0 spiro atoms. The molecule has 32 heavy (non-hydrogen) atoms. The lowest BCUT2D eigenvalue weighted by molar-refractivity contribution is -0.134. The highest BCUT2D eigenvalue weighted by Crippen LogP contribution is 2.40. The fourth-order valence-corrected chi connectivity index (χ4v) is 4.68. The molecule has 0 radical (unpaired) electrons. The van der Waals surface area contributed by atoms with Crippen molar-refractivity contribution in [3.63, 3.8) is 0 Å². The van der Waals surface area contributed by atoms with E-state index in [4.69, 9.17) is 9.47 Å². The summed E-state index contributed by atoms with van der Waals surface area (Å²) in [6, 6.07) is 13.1. The average Bonchev–Trinajstić information content (AvgIpc) is 3.50. The zero-order chi connectivity index (χ0) is 22.7. The number of hydrogen-bond donors (Lipinski definition) is 1. The third kappa shape index (κ3) is 4.52. The van der Waals surface area contributed by atoms with Gasteiger partial charge in [0.1, 0.15) is 11.5 Å². The summed E-state index contributed by atoms with van der Waals surface area (Å²) in [5.74, 6) is 1.03. The van der Waals surface area contributed by atoms with E-state index in [1.54, 1.807) is 19.1 Å². The number of aryl methyl sites for hydroxylation is 1. The van der Waals surface area contributed by atoms with Gasteiger partial charge in [-0.05, 0) is 50.1 Å². The van der Waals surface area contributed by atoms with Crippen molar-refractivity contribution < 1.29 is 19.1 Å². The van der Waals surface area contributed by atoms with Gasteiger partial charge in [-0.15, -0.1) is 0 Å². The van der Waals surface area contributed by atoms with E-state index in [9.17, 15) is 9.59 Å². The van der Waals surface area contributed by atoms with E-state index < -0.39 is 0 Å². The van der Waals surface area contributed by atoms with Crippen molar-refractivity contribution in [3.05, 3.63) is 53.6 Å². The summed E-state index contributed by atoms with van der Waals surface area (Å²) in [6.07, 6.45) is 2.06. The van der Waals surface area contributed by atoms with Gasteiger partial charge in [0, 0.05) is 43.3 Å². The summed E-state index contributed by atoms with van der Waals surface area (Å²) in [5, 5.41) is 2.97. The van der Waals surface area contributed by atoms with E-state index in [2.05, 4.69) is 5.32 Å². The van der Waals surface area contributed by atoms with Crippen LogP contribution in [-0.4, -0.2) is 62.1 Å². The van der Waals surface area contributed by atoms with Crippen LogP contribution in [0.15, 0.2) is 42.5 Å². The number of methoxy groups -OCH3 is 2. The van der Waals surface area contributed by atoms with Crippen molar-refractivity contribution in [2.24, 2.45) is 5.92 Å². The first-order chi connectivity index (χ1) is 15.5. The first-order valence-electron chi connectivity index (χ1n) is 11.1. The number of likely N-dealkylation sites (tertiary alicyclic amines) is 2. The molecule has 3 amide bonds. The molecule has 2 aliphatic heterocycles. The predicted octanol–water partition coefficient (Wildman–Crippen LogP) is 3.88. The fourth-order valence-electron chi connectivity index (χ4n) is 4.68. The van der Waals surface area contributed by atoms with E-state index in [-0.39, 0.29) is 23.8 Å². The third-order valence-corrected chi connectivity index (χ3v) is 6.48. The van der Waals surface area contributed by atoms with Gasteiger partial charge in [0.2, 0.25) is 5.91 Å². The normalized spacial score (nSPS) is 20.3. The van der Waals surface area contributed by atoms with E-state index in [1.165, 1.54) is 0 Å². The van der Waals surface area contributed by atoms with E-state index >= 15 is 0 Å². The Kier molecular flexibility index (Phi) is 6.53. The van der Waals surface area contributed by atoms with Crippen LogP contribution in [0.4, 0.5) is 10.5 Å². The molecule has 0 saturated carbocycles. The van der Waals surface area contributed by atoms with Gasteiger partial charge in [0.15, 0.2) is 0 Å². The summed E-state index contributed by atoms with van der Waals surface area (Å²) in [4.78, 5) is 30.2. The second-order valence-electron chi connectivity index (χ2n) is 8.55. The minimum absolute atomic E-state index is 0.114. The number of ether oxygens (including phenoxy) is 2. The number of carbonyl (C=O) groups is 2. The standard InChI is InChI=1S/C25H31N3O4/c1-17-6-8-18(9-7-17)26-25(30)28-15-21(20-14-19(31-2)10-11-23(20)32-3)22(16-28)24(29)27-12-4-5-13-27/h6-11,14,21-22H,4-5,12-13,15-16H2,1-3H3,(H,26,30)/t21-,22-/m1/s1. The second-order valence-corrected chi connectivity index (χ2v) is 8.55. The molecule has 2 fully saturated rings. The number of hydrogen-bond acceptors (Lipinski definition) is 4. The smallest absolute Gasteiger partial charge is 0.321 e. The molecule has 7 nitrogen and oxygen atoms in total. The number of nitrogens with one attached hydrogen (secondary N) is 1. The lowest BCUT2D eigenvalue weighted by atomic mass is 9.87. The van der Waals surface area contributed by atoms with Crippen molar-refractivity contribution in [2.75, 3.05) is 45.7 Å². The minimum atomic E-state index is -0.321. The number of urea groups is 1. The summed E-state index contributed by atoms with van der Waals surface area (Å²) in [7, 11) is 3.24. The van der Waals surface area contributed by atoms with Crippen LogP contribution in [0, 0.1) is 12.8 Å². The molecule has 2 aliphatic rings. The van der Waals surface area contributed by atoms with Gasteiger partial charge in [-0.1, -0.05) is 17.7 Å². The summed E-state index contributed by atoms with van der Waals surface area (Å²) < 4.78 is 11.0. The average molecular weight is 438 g/mol. The van der Waals surface area contributed by atoms with Crippen molar-refractivity contribution in [1.82, 2.24) is 9.80 Å². The van der Waals surface area contributed by atoms with Crippen LogP contribution in [0.5, 0.6) is 11.5 Å². The molecule has 1 N–H and O–H groups in total. The lowest BCUT2D eigenvalue weighted by Crippen LogP contribution is -2.38. The van der Waals surface area contributed by atoms with Gasteiger partial charge in [-0.2, -0.15) is 0 Å². The number of nitrogens with zero attached hydrogens (tertiary/aromatic N) is 2. The maximum atomic E-state index is 13.4. The minimum Gasteiger partial charge on any atom is -0.497 e. The summed E-state index contributed by atoms with van der Waals surface area (Å²) in [5.41, 5.74) is 2.77. The van der Waals surface area contributed by atoms with Gasteiger partial charge in [-0.3, -0.25) is 4.79 Å². The number of amides is 3. The molecule has 0 bridgehead atoms. The zero-order valence-electron chi connectivity index (χ0n) is 19.0. The Hall–Kier alpha value is -3.22. The molecular formula is C25H31N3O4. The van der Waals surface area contributed by atoms with Gasteiger partial charge >= 0.3 is 6.03 Å². The number of carbonyl (C=O) groups excluding carboxylic acids is 2. The predicted molar refractivity (Wildman–Crippen MR) is 123 cm³/mol. The van der Waals surface area contributed by atoms with Crippen LogP contribution >= 0.6 is 0 Å². The molecule has 2 atom stereocenters. The Morgan fingerprint density at radius 1 is 0.938 bits per heavy atom. The fraction of sp³-hybridized carbons (Fsp3) is 0.440. The third-order valence-electron chi connectivity index (χ3n) is 6.48. The van der Waals surface area contributed by atoms with Crippen LogP contribution in [0.2, 0.25) is 0 Å². The lowest BCUT2D eigenvalue weighted by Gasteiger charge is -2.25. The van der Waals surface area contributed by atoms with Crippen LogP contribution in [0.1, 0.15) is 29.9 Å². The molecule has 4 rings (SSSR count). The SMILES string of the molecule is COc1ccc(OC)c([C@H]2CN(C(=O)Nc3ccc(C)cc3)C[C@H]2C(=O)N2CCCC2)c1. The quantitative estimate of drug-likeness (QED) is 0.771. The summed E-state index contributed by atoms with van der Waals surface area (Å²) in [6.45, 7) is 4.38. The van der Waals surface area contributed by atoms with Crippen molar-refractivity contribution in [3.8, 4) is 11.5 Å². The first kappa shape index (κ1) is 22.0. The van der Waals surface area contributed by atoms with Crippen LogP contribution in [0.25, 0.3) is 0 Å². The molecule has 170 valence electrons. The van der Waals surface area contributed by atoms with Crippen molar-refractivity contribution >= 4 is 17.6 Å². The second kappa shape index (κ2) is 9.51. The van der Waals surface area contributed by atoms with E-state index in [1.807, 2.05) is 54.3 Å². The van der Waals surface area contributed by atoms with Gasteiger partial charge in [0.05, 0.1) is 20.1 Å². The zero-order valence-corrected chi connectivity index (χ0v) is 19.0. The Balaban J connectivity index is 1.61. The van der Waals surface area contributed by atoms with E-state index in [0.717, 1.165) is 42.7 Å². The first-order valence-corrected chi connectivity index (χ1v) is 11.1. The molecule has 2 saturated heterocycles. The van der Waals surface area contributed by atoms with E-state index in [0.29, 0.717) is 24.6 Å². The van der Waals surface area contributed by atoms with Gasteiger partial charge in [0.25, 0.3) is 0 Å². The topological polar surface area (TPSA) is 71.1 Å². The maximum Gasteiger partial charge on any atom is 0.321 e. The highest BCUT2D eigenvalue weighted by atomic mass is 16.5. The number of anilines is 1. The molecule has 7 heteroatoms. The highest BCUT2D eigenvalue weighted by Gasteiger charge is 2.43. The molecular weight excluding hydrogens is 406 g/mol. The van der Waals surface area contributed by atoms with Crippen LogP contribution in [-0.2, 0) is 4.79 Å². The number of rotatable bonds is 5. The molecule has 2 heterocycles. The Bertz CT molecular complexity index is 970. The molecule has 0 aromatic heterocycles. The Morgan fingerprint density at radius 2 is 1.66 bits per heavy atom. The highest BCUT2D eigenvalue weighted by molar-refractivity contribution is 5.91. The van der Waals surface area contributed by atoms with Crippen LogP contribution in [0.3, 0.4) is 0 Å². The van der Waals surface area contributed by atoms with Gasteiger partial charge < -0.3 is 24.6 Å².